The smallest absolute Gasteiger partial charge is 0.178 e. The molecule has 0 radical (unpaired) electrons. The first-order valence-electron chi connectivity index (χ1n) is 9.86. The van der Waals surface area contributed by atoms with E-state index in [2.05, 4.69) is 34.9 Å². The van der Waals surface area contributed by atoms with E-state index >= 15 is 0 Å². The van der Waals surface area contributed by atoms with Crippen molar-refractivity contribution in [1.82, 2.24) is 19.9 Å². The summed E-state index contributed by atoms with van der Waals surface area (Å²) in [7, 11) is 7.57. The van der Waals surface area contributed by atoms with E-state index in [0.717, 1.165) is 48.3 Å². The second-order valence-electron chi connectivity index (χ2n) is 7.52. The van der Waals surface area contributed by atoms with Crippen LogP contribution >= 0.6 is 0 Å². The van der Waals surface area contributed by atoms with Gasteiger partial charge in [-0.3, -0.25) is 0 Å². The van der Waals surface area contributed by atoms with Gasteiger partial charge in [0.2, 0.25) is 0 Å². The van der Waals surface area contributed by atoms with E-state index in [0.29, 0.717) is 23.4 Å². The summed E-state index contributed by atoms with van der Waals surface area (Å²) in [6, 6.07) is 10.4. The molecular formula is C22H27N5O2. The van der Waals surface area contributed by atoms with Gasteiger partial charge in [0.25, 0.3) is 0 Å². The highest BCUT2D eigenvalue weighted by atomic mass is 16.5. The van der Waals surface area contributed by atoms with E-state index in [9.17, 15) is 0 Å². The van der Waals surface area contributed by atoms with Crippen molar-refractivity contribution >= 4 is 16.7 Å². The second kappa shape index (κ2) is 8.21. The van der Waals surface area contributed by atoms with Crippen LogP contribution in [-0.4, -0.2) is 67.3 Å². The molecular weight excluding hydrogens is 366 g/mol. The zero-order chi connectivity index (χ0) is 20.4. The van der Waals surface area contributed by atoms with Crippen LogP contribution in [0.15, 0.2) is 36.5 Å². The number of fused-ring (bicyclic) bond motifs is 1. The third kappa shape index (κ3) is 3.96. The van der Waals surface area contributed by atoms with E-state index in [4.69, 9.17) is 19.4 Å². The molecule has 152 valence electrons. The third-order valence-electron chi connectivity index (χ3n) is 5.57. The lowest BCUT2D eigenvalue weighted by Gasteiger charge is -2.35. The molecule has 0 aliphatic carbocycles. The fourth-order valence-electron chi connectivity index (χ4n) is 3.82. The van der Waals surface area contributed by atoms with Crippen LogP contribution in [0, 0.1) is 0 Å². The Morgan fingerprint density at radius 2 is 1.83 bits per heavy atom. The fourth-order valence-corrected chi connectivity index (χ4v) is 3.82. The summed E-state index contributed by atoms with van der Waals surface area (Å²) in [4.78, 5) is 18.8. The molecule has 1 fully saturated rings. The first-order valence-corrected chi connectivity index (χ1v) is 9.86. The molecule has 0 atom stereocenters. The Kier molecular flexibility index (Phi) is 5.49. The molecule has 1 saturated heterocycles. The van der Waals surface area contributed by atoms with Crippen LogP contribution < -0.4 is 14.4 Å². The zero-order valence-electron chi connectivity index (χ0n) is 17.4. The number of rotatable bonds is 5. The summed E-state index contributed by atoms with van der Waals surface area (Å²) in [5.41, 5.74) is 1.53. The lowest BCUT2D eigenvalue weighted by atomic mass is 10.0. The van der Waals surface area contributed by atoms with Crippen molar-refractivity contribution in [3.63, 3.8) is 0 Å². The highest BCUT2D eigenvalue weighted by Crippen LogP contribution is 2.31. The third-order valence-corrected chi connectivity index (χ3v) is 5.57. The number of piperidine rings is 1. The quantitative estimate of drug-likeness (QED) is 0.659. The van der Waals surface area contributed by atoms with E-state index < -0.39 is 0 Å². The van der Waals surface area contributed by atoms with Crippen molar-refractivity contribution in [3.8, 4) is 23.0 Å². The van der Waals surface area contributed by atoms with Crippen molar-refractivity contribution in [2.24, 2.45) is 0 Å². The first kappa shape index (κ1) is 19.4. The number of hydrogen-bond acceptors (Lipinski definition) is 7. The summed E-state index contributed by atoms with van der Waals surface area (Å²) < 4.78 is 10.8. The molecule has 1 aliphatic rings. The molecule has 7 heteroatoms. The monoisotopic (exact) mass is 393 g/mol. The number of hydrogen-bond donors (Lipinski definition) is 0. The average Bonchev–Trinajstić information content (AvgIpc) is 2.78. The Hall–Kier alpha value is -2.93. The molecule has 4 rings (SSSR count). The Bertz CT molecular complexity index is 1000. The van der Waals surface area contributed by atoms with Crippen LogP contribution in [0.2, 0.25) is 0 Å². The highest BCUT2D eigenvalue weighted by molar-refractivity contribution is 5.87. The molecule has 0 spiro atoms. The Balaban J connectivity index is 1.63. The summed E-state index contributed by atoms with van der Waals surface area (Å²) in [6.45, 7) is 2.01. The van der Waals surface area contributed by atoms with E-state index in [1.807, 2.05) is 24.3 Å². The number of anilines is 1. The van der Waals surface area contributed by atoms with Crippen LogP contribution in [0.4, 0.5) is 5.82 Å². The van der Waals surface area contributed by atoms with Gasteiger partial charge in [-0.25, -0.2) is 15.0 Å². The first-order chi connectivity index (χ1) is 14.1. The molecule has 29 heavy (non-hydrogen) atoms. The topological polar surface area (TPSA) is 63.6 Å². The van der Waals surface area contributed by atoms with Gasteiger partial charge in [-0.15, -0.1) is 0 Å². The minimum atomic E-state index is 0.595. The average molecular weight is 393 g/mol. The number of aromatic nitrogens is 3. The number of nitrogens with zero attached hydrogens (tertiary/aromatic N) is 5. The van der Waals surface area contributed by atoms with Crippen molar-refractivity contribution < 1.29 is 9.47 Å². The lowest BCUT2D eigenvalue weighted by Crippen LogP contribution is -2.42. The number of benzene rings is 1. The highest BCUT2D eigenvalue weighted by Gasteiger charge is 2.21. The van der Waals surface area contributed by atoms with Gasteiger partial charge in [0, 0.05) is 37.5 Å². The van der Waals surface area contributed by atoms with Gasteiger partial charge in [-0.2, -0.15) is 0 Å². The van der Waals surface area contributed by atoms with E-state index in [-0.39, 0.29) is 0 Å². The van der Waals surface area contributed by atoms with Crippen molar-refractivity contribution in [2.75, 3.05) is 46.3 Å². The standard InChI is InChI=1S/C22H27N5O2/c1-26(2)15-8-10-27(11-9-15)21-7-5-6-18(24-21)22-23-14-17-19(25-22)12-16(28-3)13-20(17)29-4/h5-7,12-15H,8-11H2,1-4H3. The maximum absolute atomic E-state index is 5.45. The van der Waals surface area contributed by atoms with Crippen LogP contribution in [0.1, 0.15) is 12.8 Å². The molecule has 3 heterocycles. The summed E-state index contributed by atoms with van der Waals surface area (Å²) >= 11 is 0. The normalized spacial score (nSPS) is 15.1. The van der Waals surface area contributed by atoms with E-state index in [1.165, 1.54) is 0 Å². The van der Waals surface area contributed by atoms with Crippen LogP contribution in [0.3, 0.4) is 0 Å². The molecule has 0 unspecified atom stereocenters. The predicted octanol–water partition coefficient (Wildman–Crippen LogP) is 3.24. The minimum Gasteiger partial charge on any atom is -0.497 e. The molecule has 2 aromatic heterocycles. The lowest BCUT2D eigenvalue weighted by molar-refractivity contribution is 0.249. The SMILES string of the molecule is COc1cc(OC)c2cnc(-c3cccc(N4CCC(N(C)C)CC4)n3)nc2c1. The fraction of sp³-hybridized carbons (Fsp3) is 0.409. The van der Waals surface area contributed by atoms with Crippen molar-refractivity contribution in [2.45, 2.75) is 18.9 Å². The zero-order valence-corrected chi connectivity index (χ0v) is 17.4. The Morgan fingerprint density at radius 1 is 1.03 bits per heavy atom. The molecule has 0 saturated carbocycles. The Morgan fingerprint density at radius 3 is 2.52 bits per heavy atom. The van der Waals surface area contributed by atoms with Gasteiger partial charge in [0.15, 0.2) is 5.82 Å². The number of pyridine rings is 1. The summed E-state index contributed by atoms with van der Waals surface area (Å²) in [5, 5.41) is 0.846. The molecule has 0 bridgehead atoms. The van der Waals surface area contributed by atoms with Crippen LogP contribution in [-0.2, 0) is 0 Å². The maximum Gasteiger partial charge on any atom is 0.178 e. The molecule has 0 amide bonds. The molecule has 3 aromatic rings. The second-order valence-corrected chi connectivity index (χ2v) is 7.52. The molecule has 7 nitrogen and oxygen atoms in total. The molecule has 1 aliphatic heterocycles. The van der Waals surface area contributed by atoms with Crippen LogP contribution in [0.5, 0.6) is 11.5 Å². The Labute approximate surface area is 171 Å². The number of methoxy groups -OCH3 is 2. The molecule has 1 aromatic carbocycles. The largest absolute Gasteiger partial charge is 0.497 e. The molecule has 0 N–H and O–H groups in total. The summed E-state index contributed by atoms with van der Waals surface area (Å²) in [6.07, 6.45) is 4.07. The van der Waals surface area contributed by atoms with Gasteiger partial charge in [0.1, 0.15) is 23.0 Å². The predicted molar refractivity (Wildman–Crippen MR) is 115 cm³/mol. The van der Waals surface area contributed by atoms with E-state index in [1.54, 1.807) is 20.4 Å². The van der Waals surface area contributed by atoms with Gasteiger partial charge in [0.05, 0.1) is 25.1 Å². The van der Waals surface area contributed by atoms with Gasteiger partial charge in [-0.05, 0) is 39.1 Å². The van der Waals surface area contributed by atoms with Gasteiger partial charge in [-0.1, -0.05) is 6.07 Å². The van der Waals surface area contributed by atoms with Crippen LogP contribution in [0.25, 0.3) is 22.4 Å². The van der Waals surface area contributed by atoms with Gasteiger partial charge < -0.3 is 19.3 Å². The maximum atomic E-state index is 5.45. The van der Waals surface area contributed by atoms with Crippen molar-refractivity contribution in [3.05, 3.63) is 36.5 Å². The summed E-state index contributed by atoms with van der Waals surface area (Å²) in [5.74, 6) is 2.96. The van der Waals surface area contributed by atoms with Crippen molar-refractivity contribution in [1.29, 1.82) is 0 Å². The number of ether oxygens (including phenoxy) is 2. The van der Waals surface area contributed by atoms with Gasteiger partial charge >= 0.3 is 0 Å². The minimum absolute atomic E-state index is 0.595.